The summed E-state index contributed by atoms with van der Waals surface area (Å²) in [6.45, 7) is 4.68. The summed E-state index contributed by atoms with van der Waals surface area (Å²) in [6, 6.07) is 9.94. The van der Waals surface area contributed by atoms with E-state index in [1.54, 1.807) is 21.6 Å². The summed E-state index contributed by atoms with van der Waals surface area (Å²) in [6.07, 6.45) is 0.119. The minimum atomic E-state index is -0.333. The molecule has 1 atom stereocenters. The lowest BCUT2D eigenvalue weighted by Crippen LogP contribution is -2.52. The number of ether oxygens (including phenoxy) is 1. The molecule has 0 aliphatic carbocycles. The zero-order valence-electron chi connectivity index (χ0n) is 15.1. The third-order valence-electron chi connectivity index (χ3n) is 4.97. The normalized spacial score (nSPS) is 20.4. The highest BCUT2D eigenvalue weighted by atomic mass is 16.6. The molecule has 1 aromatic carbocycles. The van der Waals surface area contributed by atoms with Crippen molar-refractivity contribution >= 4 is 17.9 Å². The van der Waals surface area contributed by atoms with Crippen LogP contribution in [0.25, 0.3) is 0 Å². The second-order valence-corrected chi connectivity index (χ2v) is 6.65. The lowest BCUT2D eigenvalue weighted by molar-refractivity contribution is -0.139. The van der Waals surface area contributed by atoms with Gasteiger partial charge in [0, 0.05) is 45.1 Å². The lowest BCUT2D eigenvalue weighted by atomic mass is 9.99. The smallest absolute Gasteiger partial charge is 0.409 e. The average Bonchev–Trinajstić information content (AvgIpc) is 3.03. The van der Waals surface area contributed by atoms with Crippen LogP contribution in [0.1, 0.15) is 24.8 Å². The van der Waals surface area contributed by atoms with Crippen molar-refractivity contribution < 1.29 is 19.1 Å². The van der Waals surface area contributed by atoms with Gasteiger partial charge in [0.25, 0.3) is 0 Å². The highest BCUT2D eigenvalue weighted by molar-refractivity contribution is 5.86. The van der Waals surface area contributed by atoms with Crippen molar-refractivity contribution in [2.24, 2.45) is 0 Å². The van der Waals surface area contributed by atoms with Gasteiger partial charge in [-0.2, -0.15) is 0 Å². The molecule has 0 bridgehead atoms. The van der Waals surface area contributed by atoms with E-state index >= 15 is 0 Å². The molecule has 140 valence electrons. The Balaban J connectivity index is 1.50. The van der Waals surface area contributed by atoms with E-state index < -0.39 is 0 Å². The number of likely N-dealkylation sites (tertiary alicyclic amines) is 1. The number of benzene rings is 1. The van der Waals surface area contributed by atoms with E-state index in [1.165, 1.54) is 0 Å². The van der Waals surface area contributed by atoms with Gasteiger partial charge in [-0.05, 0) is 12.5 Å². The topological polar surface area (TPSA) is 70.2 Å². The van der Waals surface area contributed by atoms with Crippen LogP contribution in [0.5, 0.6) is 0 Å². The van der Waals surface area contributed by atoms with Crippen molar-refractivity contribution in [2.75, 3.05) is 45.9 Å². The zero-order valence-corrected chi connectivity index (χ0v) is 15.1. The maximum Gasteiger partial charge on any atom is 0.409 e. The van der Waals surface area contributed by atoms with Gasteiger partial charge in [-0.15, -0.1) is 0 Å². The minimum absolute atomic E-state index is 0.0253. The Morgan fingerprint density at radius 2 is 1.73 bits per heavy atom. The van der Waals surface area contributed by atoms with Gasteiger partial charge in [0.05, 0.1) is 13.2 Å². The quantitative estimate of drug-likeness (QED) is 0.813. The minimum Gasteiger partial charge on any atom is -0.450 e. The number of carbonyl (C=O) groups is 3. The molecule has 2 saturated heterocycles. The van der Waals surface area contributed by atoms with Crippen LogP contribution in [0, 0.1) is 0 Å². The fourth-order valence-corrected chi connectivity index (χ4v) is 3.49. The van der Waals surface area contributed by atoms with Crippen LogP contribution in [0.4, 0.5) is 4.79 Å². The summed E-state index contributed by atoms with van der Waals surface area (Å²) in [5.41, 5.74) is 1.14. The van der Waals surface area contributed by atoms with Gasteiger partial charge in [-0.25, -0.2) is 4.79 Å². The van der Waals surface area contributed by atoms with Crippen LogP contribution >= 0.6 is 0 Å². The average molecular weight is 359 g/mol. The standard InChI is InChI=1S/C19H25N3O4/c1-2-26-19(25)21-10-8-20(9-11-21)18(24)14-22-13-16(12-17(22)23)15-6-4-3-5-7-15/h3-7,16H,2,8-14H2,1H3/t16-/m1/s1. The maximum atomic E-state index is 12.5. The Bertz CT molecular complexity index is 656. The molecule has 0 aromatic heterocycles. The number of hydrogen-bond acceptors (Lipinski definition) is 4. The molecule has 0 N–H and O–H groups in total. The molecule has 7 nitrogen and oxygen atoms in total. The summed E-state index contributed by atoms with van der Waals surface area (Å²) in [4.78, 5) is 41.5. The molecule has 3 rings (SSSR count). The molecular formula is C19H25N3O4. The van der Waals surface area contributed by atoms with E-state index in [9.17, 15) is 14.4 Å². The van der Waals surface area contributed by atoms with Crippen LogP contribution in [-0.2, 0) is 14.3 Å². The van der Waals surface area contributed by atoms with Gasteiger partial charge >= 0.3 is 6.09 Å². The van der Waals surface area contributed by atoms with Gasteiger partial charge in [-0.3, -0.25) is 9.59 Å². The van der Waals surface area contributed by atoms with Crippen LogP contribution in [0.15, 0.2) is 30.3 Å². The first-order valence-corrected chi connectivity index (χ1v) is 9.10. The van der Waals surface area contributed by atoms with Crippen LogP contribution in [-0.4, -0.2) is 78.5 Å². The van der Waals surface area contributed by atoms with Gasteiger partial charge in [-0.1, -0.05) is 30.3 Å². The summed E-state index contributed by atoms with van der Waals surface area (Å²) in [5, 5.41) is 0. The van der Waals surface area contributed by atoms with Crippen molar-refractivity contribution in [3.8, 4) is 0 Å². The largest absolute Gasteiger partial charge is 0.450 e. The first-order chi connectivity index (χ1) is 12.6. The lowest BCUT2D eigenvalue weighted by Gasteiger charge is -2.34. The number of rotatable bonds is 4. The molecule has 26 heavy (non-hydrogen) atoms. The number of nitrogens with zero attached hydrogens (tertiary/aromatic N) is 3. The van der Waals surface area contributed by atoms with Crippen molar-refractivity contribution in [1.82, 2.24) is 14.7 Å². The van der Waals surface area contributed by atoms with E-state index in [0.29, 0.717) is 45.8 Å². The van der Waals surface area contributed by atoms with Crippen LogP contribution in [0.3, 0.4) is 0 Å². The number of hydrogen-bond donors (Lipinski definition) is 0. The predicted molar refractivity (Wildman–Crippen MR) is 95.6 cm³/mol. The highest BCUT2D eigenvalue weighted by Gasteiger charge is 2.33. The SMILES string of the molecule is CCOC(=O)N1CCN(C(=O)CN2C[C@H](c3ccccc3)CC2=O)CC1. The Morgan fingerprint density at radius 1 is 1.08 bits per heavy atom. The fourth-order valence-electron chi connectivity index (χ4n) is 3.49. The third kappa shape index (κ3) is 4.15. The Labute approximate surface area is 153 Å². The summed E-state index contributed by atoms with van der Waals surface area (Å²) in [7, 11) is 0. The van der Waals surface area contributed by atoms with Gasteiger partial charge in [0.1, 0.15) is 0 Å². The van der Waals surface area contributed by atoms with E-state index in [1.807, 2.05) is 30.3 Å². The number of carbonyl (C=O) groups excluding carboxylic acids is 3. The molecule has 3 amide bonds. The monoisotopic (exact) mass is 359 g/mol. The summed E-state index contributed by atoms with van der Waals surface area (Å²) >= 11 is 0. The molecule has 0 unspecified atom stereocenters. The van der Waals surface area contributed by atoms with E-state index in [2.05, 4.69) is 0 Å². The molecule has 0 spiro atoms. The van der Waals surface area contributed by atoms with E-state index in [4.69, 9.17) is 4.74 Å². The van der Waals surface area contributed by atoms with Crippen molar-refractivity contribution in [3.63, 3.8) is 0 Å². The first-order valence-electron chi connectivity index (χ1n) is 9.10. The third-order valence-corrected chi connectivity index (χ3v) is 4.97. The molecule has 2 aliphatic rings. The second-order valence-electron chi connectivity index (χ2n) is 6.65. The maximum absolute atomic E-state index is 12.5. The number of piperazine rings is 1. The number of amides is 3. The van der Waals surface area contributed by atoms with Crippen molar-refractivity contribution in [2.45, 2.75) is 19.3 Å². The first kappa shape index (κ1) is 18.2. The molecule has 2 fully saturated rings. The van der Waals surface area contributed by atoms with Crippen LogP contribution in [0.2, 0.25) is 0 Å². The molecule has 1 aromatic rings. The highest BCUT2D eigenvalue weighted by Crippen LogP contribution is 2.27. The Morgan fingerprint density at radius 3 is 2.38 bits per heavy atom. The fraction of sp³-hybridized carbons (Fsp3) is 0.526. The molecule has 0 radical (unpaired) electrons. The molecule has 7 heteroatoms. The zero-order chi connectivity index (χ0) is 18.5. The van der Waals surface area contributed by atoms with Crippen molar-refractivity contribution in [1.29, 1.82) is 0 Å². The Hall–Kier alpha value is -2.57. The van der Waals surface area contributed by atoms with Gasteiger partial charge in [0.2, 0.25) is 11.8 Å². The van der Waals surface area contributed by atoms with E-state index in [0.717, 1.165) is 5.56 Å². The van der Waals surface area contributed by atoms with Gasteiger partial charge in [0.15, 0.2) is 0 Å². The van der Waals surface area contributed by atoms with E-state index in [-0.39, 0.29) is 30.4 Å². The summed E-state index contributed by atoms with van der Waals surface area (Å²) in [5.74, 6) is 0.116. The molecule has 2 aliphatic heterocycles. The Kier molecular flexibility index (Phi) is 5.75. The second kappa shape index (κ2) is 8.21. The molecule has 0 saturated carbocycles. The van der Waals surface area contributed by atoms with Crippen LogP contribution < -0.4 is 0 Å². The summed E-state index contributed by atoms with van der Waals surface area (Å²) < 4.78 is 4.98. The van der Waals surface area contributed by atoms with Crippen molar-refractivity contribution in [3.05, 3.63) is 35.9 Å². The molecule has 2 heterocycles. The molecular weight excluding hydrogens is 334 g/mol. The predicted octanol–water partition coefficient (Wildman–Crippen LogP) is 1.30. The van der Waals surface area contributed by atoms with Gasteiger partial charge < -0.3 is 19.4 Å².